The van der Waals surface area contributed by atoms with Gasteiger partial charge in [0.2, 0.25) is 5.91 Å². The molecule has 0 saturated carbocycles. The number of nitrogens with zero attached hydrogens (tertiary/aromatic N) is 1. The van der Waals surface area contributed by atoms with E-state index in [2.05, 4.69) is 15.5 Å². The van der Waals surface area contributed by atoms with Crippen LogP contribution < -0.4 is 5.32 Å². The highest BCUT2D eigenvalue weighted by Gasteiger charge is 2.21. The summed E-state index contributed by atoms with van der Waals surface area (Å²) in [5.41, 5.74) is 2.46. The number of nitrogens with one attached hydrogen (secondary N) is 2. The van der Waals surface area contributed by atoms with Crippen LogP contribution >= 0.6 is 11.3 Å². The van der Waals surface area contributed by atoms with Crippen LogP contribution in [-0.4, -0.2) is 22.1 Å². The lowest BCUT2D eigenvalue weighted by Crippen LogP contribution is -2.39. The number of aromatic nitrogens is 2. The van der Waals surface area contributed by atoms with Crippen molar-refractivity contribution in [3.05, 3.63) is 39.8 Å². The van der Waals surface area contributed by atoms with Gasteiger partial charge in [0, 0.05) is 23.0 Å². The van der Waals surface area contributed by atoms with Crippen molar-refractivity contribution in [1.29, 1.82) is 0 Å². The van der Waals surface area contributed by atoms with Gasteiger partial charge in [0.25, 0.3) is 0 Å². The Hall–Kier alpha value is -1.62. The molecule has 1 atom stereocenters. The maximum Gasteiger partial charge on any atom is 0.225 e. The molecule has 2 aromatic rings. The lowest BCUT2D eigenvalue weighted by Gasteiger charge is -2.22. The van der Waals surface area contributed by atoms with Gasteiger partial charge < -0.3 is 5.32 Å². The Morgan fingerprint density at radius 3 is 3.39 bits per heavy atom. The highest BCUT2D eigenvalue weighted by molar-refractivity contribution is 7.10. The molecule has 94 valence electrons. The summed E-state index contributed by atoms with van der Waals surface area (Å²) in [5.74, 6) is 0.116. The van der Waals surface area contributed by atoms with E-state index in [0.717, 1.165) is 24.1 Å². The second kappa shape index (κ2) is 4.94. The Bertz CT molecular complexity index is 532. The highest BCUT2D eigenvalue weighted by atomic mass is 32.1. The Morgan fingerprint density at radius 2 is 2.56 bits per heavy atom. The molecule has 2 heterocycles. The van der Waals surface area contributed by atoms with Gasteiger partial charge in [0.15, 0.2) is 0 Å². The molecule has 4 nitrogen and oxygen atoms in total. The van der Waals surface area contributed by atoms with Crippen molar-refractivity contribution >= 4 is 17.2 Å². The van der Waals surface area contributed by atoms with Gasteiger partial charge in [-0.1, -0.05) is 6.07 Å². The van der Waals surface area contributed by atoms with Gasteiger partial charge in [0.05, 0.1) is 12.6 Å². The third-order valence-electron chi connectivity index (χ3n) is 3.30. The Kier molecular flexibility index (Phi) is 3.15. The summed E-state index contributed by atoms with van der Waals surface area (Å²) in [6.07, 6.45) is 5.24. The summed E-state index contributed by atoms with van der Waals surface area (Å²) < 4.78 is 0. The van der Waals surface area contributed by atoms with E-state index >= 15 is 0 Å². The molecule has 0 spiro atoms. The number of aromatic amines is 1. The number of amides is 1. The topological polar surface area (TPSA) is 57.8 Å². The van der Waals surface area contributed by atoms with Crippen LogP contribution in [-0.2, 0) is 24.1 Å². The maximum absolute atomic E-state index is 11.9. The lowest BCUT2D eigenvalue weighted by molar-refractivity contribution is -0.121. The van der Waals surface area contributed by atoms with E-state index in [1.807, 2.05) is 23.7 Å². The van der Waals surface area contributed by atoms with Crippen molar-refractivity contribution in [2.45, 2.75) is 31.7 Å². The number of fused-ring (bicyclic) bond motifs is 1. The predicted molar refractivity (Wildman–Crippen MR) is 70.6 cm³/mol. The number of carbonyl (C=O) groups excluding carboxylic acids is 1. The van der Waals surface area contributed by atoms with Gasteiger partial charge in [-0.3, -0.25) is 9.89 Å². The number of rotatable bonds is 3. The quantitative estimate of drug-likeness (QED) is 0.883. The highest BCUT2D eigenvalue weighted by Crippen LogP contribution is 2.19. The fraction of sp³-hybridized carbons (Fsp3) is 0.385. The molecular weight excluding hydrogens is 246 g/mol. The summed E-state index contributed by atoms with van der Waals surface area (Å²) >= 11 is 1.63. The van der Waals surface area contributed by atoms with E-state index in [0.29, 0.717) is 6.42 Å². The van der Waals surface area contributed by atoms with Crippen molar-refractivity contribution in [3.8, 4) is 0 Å². The number of hydrogen-bond acceptors (Lipinski definition) is 3. The van der Waals surface area contributed by atoms with E-state index in [9.17, 15) is 4.79 Å². The average Bonchev–Trinajstić information content (AvgIpc) is 2.98. The molecule has 0 fully saturated rings. The molecule has 18 heavy (non-hydrogen) atoms. The van der Waals surface area contributed by atoms with Gasteiger partial charge in [-0.2, -0.15) is 5.10 Å². The summed E-state index contributed by atoms with van der Waals surface area (Å²) in [5, 5.41) is 12.2. The van der Waals surface area contributed by atoms with E-state index in [1.54, 1.807) is 11.3 Å². The van der Waals surface area contributed by atoms with Gasteiger partial charge >= 0.3 is 0 Å². The van der Waals surface area contributed by atoms with Gasteiger partial charge in [-0.15, -0.1) is 11.3 Å². The van der Waals surface area contributed by atoms with E-state index < -0.39 is 0 Å². The molecule has 2 N–H and O–H groups in total. The van der Waals surface area contributed by atoms with E-state index in [-0.39, 0.29) is 11.9 Å². The van der Waals surface area contributed by atoms with Crippen molar-refractivity contribution in [3.63, 3.8) is 0 Å². The number of thiophene rings is 1. The van der Waals surface area contributed by atoms with Gasteiger partial charge in [-0.05, 0) is 29.9 Å². The molecule has 3 rings (SSSR count). The summed E-state index contributed by atoms with van der Waals surface area (Å²) in [6.45, 7) is 0. The van der Waals surface area contributed by atoms with Crippen molar-refractivity contribution in [1.82, 2.24) is 15.5 Å². The number of carbonyl (C=O) groups is 1. The first-order valence-corrected chi connectivity index (χ1v) is 7.02. The predicted octanol–water partition coefficient (Wildman–Crippen LogP) is 1.69. The minimum Gasteiger partial charge on any atom is -0.353 e. The lowest BCUT2D eigenvalue weighted by atomic mass is 9.93. The van der Waals surface area contributed by atoms with Crippen LogP contribution in [0.3, 0.4) is 0 Å². The second-order valence-electron chi connectivity index (χ2n) is 4.64. The summed E-state index contributed by atoms with van der Waals surface area (Å²) in [6, 6.07) is 4.22. The van der Waals surface area contributed by atoms with Crippen molar-refractivity contribution < 1.29 is 4.79 Å². The summed E-state index contributed by atoms with van der Waals surface area (Å²) in [7, 11) is 0. The third-order valence-corrected chi connectivity index (χ3v) is 4.18. The molecule has 0 saturated heterocycles. The second-order valence-corrected chi connectivity index (χ2v) is 5.67. The van der Waals surface area contributed by atoms with Crippen LogP contribution in [0.15, 0.2) is 23.7 Å². The largest absolute Gasteiger partial charge is 0.353 e. The maximum atomic E-state index is 11.9. The molecule has 0 radical (unpaired) electrons. The first kappa shape index (κ1) is 11.5. The number of hydrogen-bond donors (Lipinski definition) is 2. The molecule has 1 aliphatic carbocycles. The molecule has 5 heteroatoms. The third kappa shape index (κ3) is 2.46. The fourth-order valence-electron chi connectivity index (χ4n) is 2.38. The standard InChI is InChI=1S/C13H15N3OS/c17-13(7-11-2-1-5-18-11)15-10-4-3-9-8-14-16-12(9)6-10/h1-2,5,8,10H,3-4,6-7H2,(H,14,16)(H,15,17). The molecule has 1 amide bonds. The van der Waals surface area contributed by atoms with Crippen LogP contribution in [0, 0.1) is 0 Å². The molecule has 0 bridgehead atoms. The summed E-state index contributed by atoms with van der Waals surface area (Å²) in [4.78, 5) is 13.0. The minimum absolute atomic E-state index is 0.116. The zero-order chi connectivity index (χ0) is 12.4. The number of H-pyrrole nitrogens is 1. The normalized spacial score (nSPS) is 18.3. The Balaban J connectivity index is 1.56. The first-order chi connectivity index (χ1) is 8.81. The van der Waals surface area contributed by atoms with E-state index in [1.165, 1.54) is 11.3 Å². The zero-order valence-corrected chi connectivity index (χ0v) is 10.8. The average molecular weight is 261 g/mol. The van der Waals surface area contributed by atoms with Crippen LogP contribution in [0.25, 0.3) is 0 Å². The monoisotopic (exact) mass is 261 g/mol. The van der Waals surface area contributed by atoms with Crippen LogP contribution in [0.5, 0.6) is 0 Å². The zero-order valence-electron chi connectivity index (χ0n) is 9.98. The molecule has 0 aliphatic heterocycles. The Labute approximate surface area is 109 Å². The first-order valence-electron chi connectivity index (χ1n) is 6.14. The molecule has 1 unspecified atom stereocenters. The minimum atomic E-state index is 0.116. The smallest absolute Gasteiger partial charge is 0.225 e. The van der Waals surface area contributed by atoms with Gasteiger partial charge in [0.1, 0.15) is 0 Å². The van der Waals surface area contributed by atoms with Crippen LogP contribution in [0.4, 0.5) is 0 Å². The molecule has 0 aromatic carbocycles. The van der Waals surface area contributed by atoms with Crippen molar-refractivity contribution in [2.75, 3.05) is 0 Å². The number of aryl methyl sites for hydroxylation is 1. The fourth-order valence-corrected chi connectivity index (χ4v) is 3.09. The van der Waals surface area contributed by atoms with Crippen molar-refractivity contribution in [2.24, 2.45) is 0 Å². The van der Waals surface area contributed by atoms with Crippen LogP contribution in [0.1, 0.15) is 22.6 Å². The Morgan fingerprint density at radius 1 is 1.61 bits per heavy atom. The van der Waals surface area contributed by atoms with Gasteiger partial charge in [-0.25, -0.2) is 0 Å². The SMILES string of the molecule is O=C(Cc1cccs1)NC1CCc2cn[nH]c2C1. The molecule has 1 aliphatic rings. The molecule has 2 aromatic heterocycles. The van der Waals surface area contributed by atoms with Crippen LogP contribution in [0.2, 0.25) is 0 Å². The molecular formula is C13H15N3OS. The van der Waals surface area contributed by atoms with E-state index in [4.69, 9.17) is 0 Å².